The number of hydrogen-bond acceptors (Lipinski definition) is 5. The average Bonchev–Trinajstić information content (AvgIpc) is 2.41. The van der Waals surface area contributed by atoms with Gasteiger partial charge in [0, 0.05) is 52.7 Å². The van der Waals surface area contributed by atoms with Gasteiger partial charge < -0.3 is 20.9 Å². The Balaban J connectivity index is 0.000000225. The molecule has 1 amide bonds. The molecular formula is C12H24N4O2. The summed E-state index contributed by atoms with van der Waals surface area (Å²) in [4.78, 5) is 23.8. The summed E-state index contributed by atoms with van der Waals surface area (Å²) in [7, 11) is 0. The standard InChI is InChI=1S/C8H14N2O2.C4H10N2/c1-6(11)8-5-9-3-4-10(8)7(2)12;1-2-6-4-3-5-1/h8-9H,3-5H2,1-2H3;5-6H,1-4H2. The van der Waals surface area contributed by atoms with Crippen molar-refractivity contribution in [1.82, 2.24) is 20.9 Å². The van der Waals surface area contributed by atoms with E-state index in [0.717, 1.165) is 32.7 Å². The summed E-state index contributed by atoms with van der Waals surface area (Å²) in [5.74, 6) is 0.0362. The summed E-state index contributed by atoms with van der Waals surface area (Å²) < 4.78 is 0. The van der Waals surface area contributed by atoms with Crippen molar-refractivity contribution in [1.29, 1.82) is 0 Å². The smallest absolute Gasteiger partial charge is 0.220 e. The molecule has 0 aromatic heterocycles. The number of hydrogen-bond donors (Lipinski definition) is 3. The van der Waals surface area contributed by atoms with Crippen molar-refractivity contribution in [3.05, 3.63) is 0 Å². The van der Waals surface area contributed by atoms with E-state index >= 15 is 0 Å². The third-order valence-electron chi connectivity index (χ3n) is 3.07. The zero-order valence-corrected chi connectivity index (χ0v) is 11.3. The number of nitrogens with one attached hydrogen (secondary N) is 3. The van der Waals surface area contributed by atoms with Gasteiger partial charge in [-0.2, -0.15) is 0 Å². The highest BCUT2D eigenvalue weighted by Gasteiger charge is 2.27. The lowest BCUT2D eigenvalue weighted by atomic mass is 10.1. The van der Waals surface area contributed by atoms with Gasteiger partial charge in [0.15, 0.2) is 5.78 Å². The van der Waals surface area contributed by atoms with Gasteiger partial charge in [0.25, 0.3) is 0 Å². The fourth-order valence-corrected chi connectivity index (χ4v) is 2.05. The lowest BCUT2D eigenvalue weighted by Gasteiger charge is -2.33. The predicted octanol–water partition coefficient (Wildman–Crippen LogP) is -1.43. The average molecular weight is 256 g/mol. The van der Waals surface area contributed by atoms with Gasteiger partial charge in [-0.15, -0.1) is 0 Å². The minimum absolute atomic E-state index is 0.0169. The first kappa shape index (κ1) is 15.1. The lowest BCUT2D eigenvalue weighted by Crippen LogP contribution is -2.55. The van der Waals surface area contributed by atoms with Crippen molar-refractivity contribution in [3.8, 4) is 0 Å². The predicted molar refractivity (Wildman–Crippen MR) is 70.5 cm³/mol. The molecular weight excluding hydrogens is 232 g/mol. The van der Waals surface area contributed by atoms with Crippen LogP contribution < -0.4 is 16.0 Å². The normalized spacial score (nSPS) is 23.9. The number of piperazine rings is 2. The molecule has 0 saturated carbocycles. The topological polar surface area (TPSA) is 73.5 Å². The van der Waals surface area contributed by atoms with Crippen LogP contribution in [0.4, 0.5) is 0 Å². The molecule has 1 atom stereocenters. The molecule has 0 bridgehead atoms. The number of amides is 1. The van der Waals surface area contributed by atoms with Gasteiger partial charge in [-0.1, -0.05) is 0 Å². The third-order valence-corrected chi connectivity index (χ3v) is 3.07. The summed E-state index contributed by atoms with van der Waals surface area (Å²) in [5.41, 5.74) is 0. The Hall–Kier alpha value is -0.980. The van der Waals surface area contributed by atoms with Crippen LogP contribution in [0.1, 0.15) is 13.8 Å². The van der Waals surface area contributed by atoms with Crippen LogP contribution in [0, 0.1) is 0 Å². The maximum Gasteiger partial charge on any atom is 0.220 e. The van der Waals surface area contributed by atoms with E-state index in [2.05, 4.69) is 16.0 Å². The van der Waals surface area contributed by atoms with Gasteiger partial charge in [0.2, 0.25) is 5.91 Å². The first-order chi connectivity index (χ1) is 8.63. The van der Waals surface area contributed by atoms with Crippen molar-refractivity contribution in [2.24, 2.45) is 0 Å². The quantitative estimate of drug-likeness (QED) is 0.537. The van der Waals surface area contributed by atoms with E-state index in [-0.39, 0.29) is 17.7 Å². The molecule has 3 N–H and O–H groups in total. The number of rotatable bonds is 1. The van der Waals surface area contributed by atoms with Gasteiger partial charge >= 0.3 is 0 Å². The van der Waals surface area contributed by atoms with Crippen LogP contribution >= 0.6 is 0 Å². The Morgan fingerprint density at radius 3 is 1.83 bits per heavy atom. The summed E-state index contributed by atoms with van der Waals surface area (Å²) >= 11 is 0. The first-order valence-electron chi connectivity index (χ1n) is 6.52. The van der Waals surface area contributed by atoms with Crippen LogP contribution in [-0.2, 0) is 9.59 Å². The maximum atomic E-state index is 11.1. The number of carbonyl (C=O) groups excluding carboxylic acids is 2. The van der Waals surface area contributed by atoms with Crippen molar-refractivity contribution in [2.45, 2.75) is 19.9 Å². The zero-order valence-electron chi connectivity index (χ0n) is 11.3. The van der Waals surface area contributed by atoms with Crippen molar-refractivity contribution in [2.75, 3.05) is 45.8 Å². The molecule has 0 aromatic rings. The molecule has 0 aromatic carbocycles. The van der Waals surface area contributed by atoms with E-state index in [1.165, 1.54) is 13.8 Å². The summed E-state index contributed by atoms with van der Waals surface area (Å²) in [6.45, 7) is 9.59. The third kappa shape index (κ3) is 5.12. The Labute approximate surface area is 108 Å². The van der Waals surface area contributed by atoms with E-state index in [1.54, 1.807) is 4.90 Å². The van der Waals surface area contributed by atoms with Gasteiger partial charge in [-0.05, 0) is 6.92 Å². The Morgan fingerprint density at radius 1 is 0.944 bits per heavy atom. The van der Waals surface area contributed by atoms with Crippen molar-refractivity contribution in [3.63, 3.8) is 0 Å². The van der Waals surface area contributed by atoms with Crippen LogP contribution in [0.2, 0.25) is 0 Å². The molecule has 1 unspecified atom stereocenters. The summed E-state index contributed by atoms with van der Waals surface area (Å²) in [6, 6.07) is -0.253. The van der Waals surface area contributed by atoms with E-state index in [9.17, 15) is 9.59 Å². The SMILES string of the molecule is C1CNCCN1.CC(=O)C1CNCCN1C(C)=O. The first-order valence-corrected chi connectivity index (χ1v) is 6.52. The Kier molecular flexibility index (Phi) is 6.85. The van der Waals surface area contributed by atoms with E-state index in [4.69, 9.17) is 0 Å². The van der Waals surface area contributed by atoms with Gasteiger partial charge in [-0.3, -0.25) is 9.59 Å². The van der Waals surface area contributed by atoms with Crippen LogP contribution in [0.5, 0.6) is 0 Å². The number of ketones is 1. The van der Waals surface area contributed by atoms with Crippen LogP contribution in [0.3, 0.4) is 0 Å². The second kappa shape index (κ2) is 8.18. The molecule has 2 aliphatic heterocycles. The fourth-order valence-electron chi connectivity index (χ4n) is 2.05. The maximum absolute atomic E-state index is 11.1. The van der Waals surface area contributed by atoms with Gasteiger partial charge in [0.1, 0.15) is 6.04 Å². The molecule has 2 saturated heterocycles. The monoisotopic (exact) mass is 256 g/mol. The number of Topliss-reactive ketones (excluding diaryl/α,β-unsaturated/α-hetero) is 1. The van der Waals surface area contributed by atoms with Crippen molar-refractivity contribution >= 4 is 11.7 Å². The molecule has 104 valence electrons. The molecule has 2 heterocycles. The Morgan fingerprint density at radius 2 is 1.50 bits per heavy atom. The van der Waals surface area contributed by atoms with Crippen LogP contribution in [-0.4, -0.2) is 68.4 Å². The molecule has 6 nitrogen and oxygen atoms in total. The molecule has 2 rings (SSSR count). The lowest BCUT2D eigenvalue weighted by molar-refractivity contribution is -0.138. The minimum atomic E-state index is -0.253. The molecule has 18 heavy (non-hydrogen) atoms. The molecule has 0 aliphatic carbocycles. The molecule has 0 radical (unpaired) electrons. The highest BCUT2D eigenvalue weighted by Crippen LogP contribution is 2.04. The van der Waals surface area contributed by atoms with E-state index < -0.39 is 0 Å². The van der Waals surface area contributed by atoms with E-state index in [0.29, 0.717) is 13.1 Å². The van der Waals surface area contributed by atoms with Crippen LogP contribution in [0.15, 0.2) is 0 Å². The number of carbonyl (C=O) groups is 2. The van der Waals surface area contributed by atoms with E-state index in [1.807, 2.05) is 0 Å². The molecule has 6 heteroatoms. The fraction of sp³-hybridized carbons (Fsp3) is 0.833. The second-order valence-electron chi connectivity index (χ2n) is 4.54. The van der Waals surface area contributed by atoms with Gasteiger partial charge in [-0.25, -0.2) is 0 Å². The van der Waals surface area contributed by atoms with Gasteiger partial charge in [0.05, 0.1) is 0 Å². The highest BCUT2D eigenvalue weighted by molar-refractivity contribution is 5.87. The summed E-state index contributed by atoms with van der Waals surface area (Å²) in [5, 5.41) is 9.53. The number of nitrogens with zero attached hydrogens (tertiary/aromatic N) is 1. The summed E-state index contributed by atoms with van der Waals surface area (Å²) in [6.07, 6.45) is 0. The molecule has 2 aliphatic rings. The molecule has 2 fully saturated rings. The van der Waals surface area contributed by atoms with Crippen molar-refractivity contribution < 1.29 is 9.59 Å². The molecule has 0 spiro atoms. The second-order valence-corrected chi connectivity index (χ2v) is 4.54. The largest absolute Gasteiger partial charge is 0.330 e. The van der Waals surface area contributed by atoms with Crippen LogP contribution in [0.25, 0.3) is 0 Å². The zero-order chi connectivity index (χ0) is 13.4. The Bertz CT molecular complexity index is 246. The highest BCUT2D eigenvalue weighted by atomic mass is 16.2. The minimum Gasteiger partial charge on any atom is -0.330 e.